The van der Waals surface area contributed by atoms with Crippen molar-refractivity contribution in [1.29, 1.82) is 0 Å². The summed E-state index contributed by atoms with van der Waals surface area (Å²) in [7, 11) is 0. The molecule has 1 heterocycles. The summed E-state index contributed by atoms with van der Waals surface area (Å²) in [6.45, 7) is 0. The van der Waals surface area contributed by atoms with Crippen molar-refractivity contribution in [3.05, 3.63) is 41.7 Å². The molecular weight excluding hydrogens is 216 g/mol. The van der Waals surface area contributed by atoms with Crippen LogP contribution in [-0.2, 0) is 5.41 Å². The molecule has 0 spiro atoms. The Morgan fingerprint density at radius 1 is 1.24 bits per heavy atom. The molecule has 5 heteroatoms. The van der Waals surface area contributed by atoms with Crippen LogP contribution in [0.25, 0.3) is 0 Å². The van der Waals surface area contributed by atoms with Crippen LogP contribution in [0.15, 0.2) is 34.9 Å². The minimum Gasteiger partial charge on any atom is -0.314 e. The number of anilines is 1. The predicted molar refractivity (Wildman–Crippen MR) is 63.2 cm³/mol. The molecular formula is C12H14N4O. The summed E-state index contributed by atoms with van der Waals surface area (Å²) in [6.07, 6.45) is 3.30. The van der Waals surface area contributed by atoms with Gasteiger partial charge in [0.15, 0.2) is 5.82 Å². The predicted octanol–water partition coefficient (Wildman–Crippen LogP) is 1.83. The summed E-state index contributed by atoms with van der Waals surface area (Å²) in [5.41, 5.74) is 3.54. The van der Waals surface area contributed by atoms with Gasteiger partial charge < -0.3 is 4.52 Å². The molecule has 1 fully saturated rings. The first-order valence-electron chi connectivity index (χ1n) is 5.71. The van der Waals surface area contributed by atoms with E-state index in [1.165, 1.54) is 12.0 Å². The van der Waals surface area contributed by atoms with Gasteiger partial charge in [0.2, 0.25) is 0 Å². The standard InChI is InChI=1S/C12H14N4O/c13-15-11-14-10(16-17-11)12(7-4-8-12)9-5-2-1-3-6-9/h1-3,5-6H,4,7-8,13H2,(H,14,15,16). The number of rotatable bonds is 3. The summed E-state index contributed by atoms with van der Waals surface area (Å²) >= 11 is 0. The van der Waals surface area contributed by atoms with E-state index in [9.17, 15) is 0 Å². The summed E-state index contributed by atoms with van der Waals surface area (Å²) in [5.74, 6) is 5.98. The van der Waals surface area contributed by atoms with E-state index < -0.39 is 0 Å². The fraction of sp³-hybridized carbons (Fsp3) is 0.333. The molecule has 1 aliphatic rings. The molecule has 0 bridgehead atoms. The third kappa shape index (κ3) is 1.51. The van der Waals surface area contributed by atoms with E-state index in [-0.39, 0.29) is 11.4 Å². The SMILES string of the molecule is NNc1nc(C2(c3ccccc3)CCC2)no1. The highest BCUT2D eigenvalue weighted by atomic mass is 16.5. The number of nitrogens with two attached hydrogens (primary N) is 1. The van der Waals surface area contributed by atoms with Crippen LogP contribution < -0.4 is 11.3 Å². The van der Waals surface area contributed by atoms with Gasteiger partial charge in [-0.2, -0.15) is 4.98 Å². The minimum absolute atomic E-state index is 0.0835. The number of aromatic nitrogens is 2. The number of hydrogen-bond acceptors (Lipinski definition) is 5. The van der Waals surface area contributed by atoms with E-state index >= 15 is 0 Å². The van der Waals surface area contributed by atoms with Gasteiger partial charge in [-0.1, -0.05) is 41.9 Å². The largest absolute Gasteiger partial charge is 0.335 e. The van der Waals surface area contributed by atoms with E-state index in [0.717, 1.165) is 18.7 Å². The Labute approximate surface area is 99.0 Å². The van der Waals surface area contributed by atoms with Crippen LogP contribution in [0.4, 0.5) is 6.01 Å². The monoisotopic (exact) mass is 230 g/mol. The van der Waals surface area contributed by atoms with Crippen molar-refractivity contribution in [2.45, 2.75) is 24.7 Å². The Morgan fingerprint density at radius 3 is 2.53 bits per heavy atom. The lowest BCUT2D eigenvalue weighted by molar-refractivity contribution is 0.273. The van der Waals surface area contributed by atoms with Crippen LogP contribution in [0.2, 0.25) is 0 Å². The zero-order valence-electron chi connectivity index (χ0n) is 9.39. The molecule has 5 nitrogen and oxygen atoms in total. The van der Waals surface area contributed by atoms with Gasteiger partial charge in [0.1, 0.15) is 0 Å². The van der Waals surface area contributed by atoms with E-state index in [1.807, 2.05) is 18.2 Å². The molecule has 0 amide bonds. The second-order valence-corrected chi connectivity index (χ2v) is 4.37. The van der Waals surface area contributed by atoms with E-state index in [2.05, 4.69) is 27.7 Å². The summed E-state index contributed by atoms with van der Waals surface area (Å²) in [6, 6.07) is 10.6. The zero-order valence-corrected chi connectivity index (χ0v) is 9.39. The number of nitrogens with one attached hydrogen (secondary N) is 1. The Morgan fingerprint density at radius 2 is 2.00 bits per heavy atom. The molecule has 3 rings (SSSR count). The molecule has 1 aromatic carbocycles. The average Bonchev–Trinajstić information content (AvgIpc) is 2.78. The first kappa shape index (κ1) is 10.3. The van der Waals surface area contributed by atoms with Crippen LogP contribution in [0, 0.1) is 0 Å². The van der Waals surface area contributed by atoms with Gasteiger partial charge in [0, 0.05) is 0 Å². The number of hydrogen-bond donors (Lipinski definition) is 2. The number of benzene rings is 1. The van der Waals surface area contributed by atoms with Crippen molar-refractivity contribution in [2.75, 3.05) is 5.43 Å². The third-order valence-electron chi connectivity index (χ3n) is 3.51. The van der Waals surface area contributed by atoms with Crippen molar-refractivity contribution in [2.24, 2.45) is 5.84 Å². The quantitative estimate of drug-likeness (QED) is 0.621. The second-order valence-electron chi connectivity index (χ2n) is 4.37. The Bertz CT molecular complexity index is 504. The molecule has 17 heavy (non-hydrogen) atoms. The lowest BCUT2D eigenvalue weighted by atomic mass is 9.64. The van der Waals surface area contributed by atoms with Crippen molar-refractivity contribution in [1.82, 2.24) is 10.1 Å². The molecule has 2 aromatic rings. The van der Waals surface area contributed by atoms with Gasteiger partial charge in [-0.3, -0.25) is 5.43 Å². The molecule has 3 N–H and O–H groups in total. The van der Waals surface area contributed by atoms with Gasteiger partial charge >= 0.3 is 6.01 Å². The normalized spacial score (nSPS) is 17.5. The number of nitrogen functional groups attached to an aromatic ring is 1. The van der Waals surface area contributed by atoms with Gasteiger partial charge in [-0.25, -0.2) is 5.84 Å². The lowest BCUT2D eigenvalue weighted by Gasteiger charge is -2.39. The van der Waals surface area contributed by atoms with Crippen LogP contribution in [-0.4, -0.2) is 10.1 Å². The van der Waals surface area contributed by atoms with Gasteiger partial charge in [-0.15, -0.1) is 0 Å². The molecule has 1 saturated carbocycles. The van der Waals surface area contributed by atoms with Crippen LogP contribution in [0.3, 0.4) is 0 Å². The Hall–Kier alpha value is -1.88. The topological polar surface area (TPSA) is 77.0 Å². The van der Waals surface area contributed by atoms with Gasteiger partial charge in [-0.05, 0) is 18.4 Å². The van der Waals surface area contributed by atoms with E-state index in [4.69, 9.17) is 10.4 Å². The van der Waals surface area contributed by atoms with E-state index in [1.54, 1.807) is 0 Å². The van der Waals surface area contributed by atoms with Crippen molar-refractivity contribution >= 4 is 6.01 Å². The third-order valence-corrected chi connectivity index (χ3v) is 3.51. The highest BCUT2D eigenvalue weighted by Gasteiger charge is 2.44. The van der Waals surface area contributed by atoms with Crippen LogP contribution in [0.5, 0.6) is 0 Å². The summed E-state index contributed by atoms with van der Waals surface area (Å²) in [5, 5.41) is 4.03. The number of nitrogens with zero attached hydrogens (tertiary/aromatic N) is 2. The van der Waals surface area contributed by atoms with Crippen LogP contribution in [0.1, 0.15) is 30.7 Å². The molecule has 0 aliphatic heterocycles. The Balaban J connectivity index is 2.02. The number of hydrazine groups is 1. The highest BCUT2D eigenvalue weighted by molar-refractivity contribution is 5.36. The molecule has 1 aromatic heterocycles. The maximum atomic E-state index is 5.26. The van der Waals surface area contributed by atoms with Crippen molar-refractivity contribution in [3.8, 4) is 0 Å². The Kier molecular flexibility index (Phi) is 2.33. The van der Waals surface area contributed by atoms with Crippen molar-refractivity contribution < 1.29 is 4.52 Å². The smallest absolute Gasteiger partial charge is 0.314 e. The van der Waals surface area contributed by atoms with Gasteiger partial charge in [0.05, 0.1) is 5.41 Å². The maximum absolute atomic E-state index is 5.26. The first-order valence-corrected chi connectivity index (χ1v) is 5.71. The lowest BCUT2D eigenvalue weighted by Crippen LogP contribution is -2.36. The van der Waals surface area contributed by atoms with Crippen LogP contribution >= 0.6 is 0 Å². The summed E-state index contributed by atoms with van der Waals surface area (Å²) < 4.78 is 5.02. The minimum atomic E-state index is -0.0835. The zero-order chi connectivity index (χ0) is 11.7. The molecule has 0 radical (unpaired) electrons. The molecule has 0 saturated heterocycles. The van der Waals surface area contributed by atoms with E-state index in [0.29, 0.717) is 0 Å². The molecule has 0 atom stereocenters. The molecule has 1 aliphatic carbocycles. The highest BCUT2D eigenvalue weighted by Crippen LogP contribution is 2.47. The average molecular weight is 230 g/mol. The van der Waals surface area contributed by atoms with Crippen molar-refractivity contribution in [3.63, 3.8) is 0 Å². The molecule has 88 valence electrons. The summed E-state index contributed by atoms with van der Waals surface area (Å²) in [4.78, 5) is 4.29. The fourth-order valence-corrected chi connectivity index (χ4v) is 2.41. The fourth-order valence-electron chi connectivity index (χ4n) is 2.41. The first-order chi connectivity index (χ1) is 8.35. The van der Waals surface area contributed by atoms with Gasteiger partial charge in [0.25, 0.3) is 0 Å². The molecule has 0 unspecified atom stereocenters. The second kappa shape index (κ2) is 3.85. The maximum Gasteiger partial charge on any atom is 0.335 e.